The molecule has 16 heavy (non-hydrogen) atoms. The summed E-state index contributed by atoms with van der Waals surface area (Å²) in [7, 11) is 0. The van der Waals surface area contributed by atoms with Crippen LogP contribution in [0.2, 0.25) is 0 Å². The molecule has 1 aromatic rings. The van der Waals surface area contributed by atoms with E-state index in [2.05, 4.69) is 25.9 Å². The maximum atomic E-state index is 11.4. The van der Waals surface area contributed by atoms with Gasteiger partial charge in [0, 0.05) is 18.5 Å². The molecule has 1 heterocycles. The van der Waals surface area contributed by atoms with Crippen molar-refractivity contribution in [2.75, 3.05) is 0 Å². The molecule has 0 radical (unpaired) electrons. The molecule has 2 rings (SSSR count). The Labute approximate surface area is 96.8 Å². The average Bonchev–Trinajstić information content (AvgIpc) is 2.44. The van der Waals surface area contributed by atoms with Gasteiger partial charge in [-0.05, 0) is 39.7 Å². The number of aromatic nitrogens is 2. The second kappa shape index (κ2) is 3.72. The molecule has 1 fully saturated rings. The molecule has 0 spiro atoms. The summed E-state index contributed by atoms with van der Waals surface area (Å²) in [4.78, 5) is 11.4. The minimum atomic E-state index is -0.0430. The minimum absolute atomic E-state index is 0.0430. The van der Waals surface area contributed by atoms with Gasteiger partial charge in [0.05, 0.1) is 5.54 Å². The molecule has 0 bridgehead atoms. The van der Waals surface area contributed by atoms with E-state index in [0.29, 0.717) is 11.6 Å². The van der Waals surface area contributed by atoms with Gasteiger partial charge >= 0.3 is 0 Å². The summed E-state index contributed by atoms with van der Waals surface area (Å²) in [6.45, 7) is 7.98. The maximum Gasteiger partial charge on any atom is 0.179 e. The number of hydrogen-bond acceptors (Lipinski definition) is 2. The van der Waals surface area contributed by atoms with Crippen LogP contribution < -0.4 is 0 Å². The Bertz CT molecular complexity index is 408. The molecule has 0 saturated heterocycles. The highest BCUT2D eigenvalue weighted by molar-refractivity contribution is 5.92. The second-order valence-corrected chi connectivity index (χ2v) is 5.72. The Morgan fingerprint density at radius 3 is 2.44 bits per heavy atom. The number of hydrogen-bond donors (Lipinski definition) is 0. The lowest BCUT2D eigenvalue weighted by Crippen LogP contribution is -2.28. The molecule has 0 aliphatic heterocycles. The van der Waals surface area contributed by atoms with Crippen LogP contribution in [0.3, 0.4) is 0 Å². The van der Waals surface area contributed by atoms with Gasteiger partial charge in [-0.1, -0.05) is 6.42 Å². The highest BCUT2D eigenvalue weighted by Crippen LogP contribution is 2.38. The Morgan fingerprint density at radius 1 is 1.44 bits per heavy atom. The third-order valence-electron chi connectivity index (χ3n) is 3.26. The zero-order valence-corrected chi connectivity index (χ0v) is 10.6. The number of Topliss-reactive ketones (excluding diaryl/α,β-unsaturated/α-hetero) is 1. The Morgan fingerprint density at radius 2 is 2.06 bits per heavy atom. The largest absolute Gasteiger partial charge is 0.293 e. The van der Waals surface area contributed by atoms with Gasteiger partial charge in [0.1, 0.15) is 5.69 Å². The van der Waals surface area contributed by atoms with E-state index in [1.165, 1.54) is 25.0 Å². The molecule has 1 aliphatic rings. The molecular formula is C13H20N2O. The lowest BCUT2D eigenvalue weighted by atomic mass is 9.82. The first-order valence-corrected chi connectivity index (χ1v) is 6.01. The van der Waals surface area contributed by atoms with Crippen molar-refractivity contribution in [3.63, 3.8) is 0 Å². The molecule has 1 saturated carbocycles. The number of ketones is 1. The molecule has 3 nitrogen and oxygen atoms in total. The molecular weight excluding hydrogens is 200 g/mol. The van der Waals surface area contributed by atoms with Gasteiger partial charge in [-0.25, -0.2) is 0 Å². The molecule has 0 amide bonds. The van der Waals surface area contributed by atoms with Crippen LogP contribution in [0.5, 0.6) is 0 Å². The molecule has 0 atom stereocenters. The van der Waals surface area contributed by atoms with Crippen LogP contribution in [0.1, 0.15) is 69.1 Å². The van der Waals surface area contributed by atoms with Gasteiger partial charge in [0.15, 0.2) is 5.78 Å². The highest BCUT2D eigenvalue weighted by Gasteiger charge is 2.29. The van der Waals surface area contributed by atoms with Gasteiger partial charge in [-0.3, -0.25) is 9.48 Å². The molecule has 0 aromatic carbocycles. The van der Waals surface area contributed by atoms with E-state index in [0.717, 1.165) is 0 Å². The van der Waals surface area contributed by atoms with Crippen molar-refractivity contribution in [1.82, 2.24) is 9.78 Å². The zero-order valence-electron chi connectivity index (χ0n) is 10.6. The van der Waals surface area contributed by atoms with Gasteiger partial charge in [0.25, 0.3) is 0 Å². The van der Waals surface area contributed by atoms with Crippen molar-refractivity contribution < 1.29 is 4.79 Å². The summed E-state index contributed by atoms with van der Waals surface area (Å²) in [6, 6.07) is 1.98. The van der Waals surface area contributed by atoms with Crippen LogP contribution in [0.15, 0.2) is 6.07 Å². The predicted molar refractivity (Wildman–Crippen MR) is 63.8 cm³/mol. The first kappa shape index (κ1) is 11.4. The average molecular weight is 220 g/mol. The molecule has 0 unspecified atom stereocenters. The summed E-state index contributed by atoms with van der Waals surface area (Å²) in [5.74, 6) is 0.670. The first-order valence-electron chi connectivity index (χ1n) is 6.01. The summed E-state index contributed by atoms with van der Waals surface area (Å²) in [6.07, 6.45) is 3.77. The predicted octanol–water partition coefficient (Wildman–Crippen LogP) is 3.11. The van der Waals surface area contributed by atoms with E-state index in [1.807, 2.05) is 10.7 Å². The van der Waals surface area contributed by atoms with Crippen molar-refractivity contribution in [3.8, 4) is 0 Å². The van der Waals surface area contributed by atoms with Crippen LogP contribution >= 0.6 is 0 Å². The minimum Gasteiger partial charge on any atom is -0.293 e. The van der Waals surface area contributed by atoms with Crippen molar-refractivity contribution in [2.24, 2.45) is 0 Å². The van der Waals surface area contributed by atoms with Gasteiger partial charge in [0.2, 0.25) is 0 Å². The maximum absolute atomic E-state index is 11.4. The second-order valence-electron chi connectivity index (χ2n) is 5.72. The molecule has 88 valence electrons. The first-order chi connectivity index (χ1) is 7.39. The lowest BCUT2D eigenvalue weighted by molar-refractivity contribution is 0.101. The summed E-state index contributed by atoms with van der Waals surface area (Å²) < 4.78 is 2.04. The number of carbonyl (C=O) groups excluding carboxylic acids is 1. The van der Waals surface area contributed by atoms with Crippen LogP contribution in [-0.4, -0.2) is 15.6 Å². The monoisotopic (exact) mass is 220 g/mol. The van der Waals surface area contributed by atoms with Crippen molar-refractivity contribution in [3.05, 3.63) is 17.5 Å². The van der Waals surface area contributed by atoms with Crippen LogP contribution in [0, 0.1) is 0 Å². The summed E-state index contributed by atoms with van der Waals surface area (Å²) in [5.41, 5.74) is 1.80. The summed E-state index contributed by atoms with van der Waals surface area (Å²) >= 11 is 0. The van der Waals surface area contributed by atoms with Gasteiger partial charge in [-0.2, -0.15) is 5.10 Å². The molecule has 1 aromatic heterocycles. The fourth-order valence-corrected chi connectivity index (χ4v) is 2.10. The lowest BCUT2D eigenvalue weighted by Gasteiger charge is -2.30. The number of nitrogens with zero attached hydrogens (tertiary/aromatic N) is 2. The number of carbonyl (C=O) groups is 1. The van der Waals surface area contributed by atoms with Crippen LogP contribution in [0.25, 0.3) is 0 Å². The van der Waals surface area contributed by atoms with Crippen molar-refractivity contribution >= 4 is 5.78 Å². The fourth-order valence-electron chi connectivity index (χ4n) is 2.10. The van der Waals surface area contributed by atoms with Gasteiger partial charge in [-0.15, -0.1) is 0 Å². The third kappa shape index (κ3) is 1.91. The van der Waals surface area contributed by atoms with E-state index in [-0.39, 0.29) is 11.3 Å². The normalized spacial score (nSPS) is 17.2. The Hall–Kier alpha value is -1.12. The molecule has 0 N–H and O–H groups in total. The highest BCUT2D eigenvalue weighted by atomic mass is 16.1. The Balaban J connectivity index is 2.43. The Kier molecular flexibility index (Phi) is 2.64. The zero-order chi connectivity index (χ0) is 11.9. The standard InChI is InChI=1S/C13H20N2O/c1-9(16)11-8-12(10-6-5-7-10)15(14-11)13(2,3)4/h8,10H,5-7H2,1-4H3. The van der Waals surface area contributed by atoms with E-state index in [1.54, 1.807) is 6.92 Å². The summed E-state index contributed by atoms with van der Waals surface area (Å²) in [5, 5.41) is 4.45. The van der Waals surface area contributed by atoms with E-state index >= 15 is 0 Å². The van der Waals surface area contributed by atoms with E-state index in [9.17, 15) is 4.79 Å². The fraction of sp³-hybridized carbons (Fsp3) is 0.692. The quantitative estimate of drug-likeness (QED) is 0.718. The number of rotatable bonds is 2. The van der Waals surface area contributed by atoms with Crippen molar-refractivity contribution in [2.45, 2.75) is 58.4 Å². The van der Waals surface area contributed by atoms with Crippen LogP contribution in [0.4, 0.5) is 0 Å². The topological polar surface area (TPSA) is 34.9 Å². The van der Waals surface area contributed by atoms with Crippen LogP contribution in [-0.2, 0) is 5.54 Å². The van der Waals surface area contributed by atoms with Crippen molar-refractivity contribution in [1.29, 1.82) is 0 Å². The van der Waals surface area contributed by atoms with E-state index in [4.69, 9.17) is 0 Å². The van der Waals surface area contributed by atoms with Gasteiger partial charge < -0.3 is 0 Å². The smallest absolute Gasteiger partial charge is 0.179 e. The SMILES string of the molecule is CC(=O)c1cc(C2CCC2)n(C(C)(C)C)n1. The molecule has 1 aliphatic carbocycles. The molecule has 3 heteroatoms. The van der Waals surface area contributed by atoms with E-state index < -0.39 is 0 Å². The third-order valence-corrected chi connectivity index (χ3v) is 3.26.